The summed E-state index contributed by atoms with van der Waals surface area (Å²) >= 11 is 3.33. The second kappa shape index (κ2) is 6.80. The predicted molar refractivity (Wildman–Crippen MR) is 88.5 cm³/mol. The Morgan fingerprint density at radius 1 is 1.57 bits per heavy atom. The molecule has 2 N–H and O–H groups in total. The third-order valence-electron chi connectivity index (χ3n) is 3.94. The number of nitrogens with zero attached hydrogens (tertiary/aromatic N) is 2. The van der Waals surface area contributed by atoms with E-state index in [2.05, 4.69) is 20.9 Å². The molecular formula is C16H19BrFN3O2. The fourth-order valence-corrected chi connectivity index (χ4v) is 2.76. The third kappa shape index (κ3) is 3.45. The van der Waals surface area contributed by atoms with Crippen LogP contribution in [0, 0.1) is 5.82 Å². The van der Waals surface area contributed by atoms with Gasteiger partial charge in [0.05, 0.1) is 30.7 Å². The van der Waals surface area contributed by atoms with Crippen molar-refractivity contribution in [1.29, 1.82) is 0 Å². The Bertz CT molecular complexity index is 715. The molecule has 0 radical (unpaired) electrons. The van der Waals surface area contributed by atoms with Crippen LogP contribution in [0.2, 0.25) is 0 Å². The lowest BCUT2D eigenvalue weighted by atomic mass is 9.85. The lowest BCUT2D eigenvalue weighted by molar-refractivity contribution is 0.0509. The van der Waals surface area contributed by atoms with Gasteiger partial charge in [0.2, 0.25) is 0 Å². The molecule has 0 saturated heterocycles. The zero-order valence-corrected chi connectivity index (χ0v) is 14.8. The first-order valence-corrected chi connectivity index (χ1v) is 8.01. The van der Waals surface area contributed by atoms with E-state index >= 15 is 0 Å². The molecule has 0 fully saturated rings. The van der Waals surface area contributed by atoms with Gasteiger partial charge in [-0.25, -0.2) is 14.2 Å². The topological polar surface area (TPSA) is 70.1 Å². The highest BCUT2D eigenvalue weighted by atomic mass is 79.9. The lowest BCUT2D eigenvalue weighted by Gasteiger charge is -2.34. The summed E-state index contributed by atoms with van der Waals surface area (Å²) in [7, 11) is 0. The Hall–Kier alpha value is -1.73. The maximum atomic E-state index is 14.2. The summed E-state index contributed by atoms with van der Waals surface area (Å²) in [6, 6.07) is 4.19. The molecule has 1 aromatic heterocycles. The number of carbonyl (C=O) groups is 1. The van der Waals surface area contributed by atoms with Gasteiger partial charge in [-0.1, -0.05) is 15.9 Å². The molecule has 0 unspecified atom stereocenters. The lowest BCUT2D eigenvalue weighted by Crippen LogP contribution is -2.42. The van der Waals surface area contributed by atoms with Crippen LogP contribution in [0.1, 0.15) is 42.9 Å². The van der Waals surface area contributed by atoms with Crippen molar-refractivity contribution in [3.05, 3.63) is 52.3 Å². The molecule has 2 aromatic rings. The van der Waals surface area contributed by atoms with E-state index in [1.165, 1.54) is 18.6 Å². The third-order valence-corrected chi connectivity index (χ3v) is 4.44. The standard InChI is InChI=1S/C16H19BrFN3O2/c1-4-23-15(22)14-8-20-9-21(14)10(2)16(3,19)12-7-11(17)5-6-13(12)18/h5-10H,4,19H2,1-3H3/t10-,16+/m1/s1. The van der Waals surface area contributed by atoms with Crippen molar-refractivity contribution in [3.8, 4) is 0 Å². The van der Waals surface area contributed by atoms with E-state index in [0.717, 1.165) is 4.47 Å². The molecule has 1 heterocycles. The number of carbonyl (C=O) groups excluding carboxylic acids is 1. The van der Waals surface area contributed by atoms with E-state index in [1.54, 1.807) is 30.5 Å². The number of halogens is 2. The number of benzene rings is 1. The zero-order chi connectivity index (χ0) is 17.2. The number of esters is 1. The van der Waals surface area contributed by atoms with Gasteiger partial charge in [0.15, 0.2) is 0 Å². The average Bonchev–Trinajstić information content (AvgIpc) is 2.98. The second-order valence-electron chi connectivity index (χ2n) is 5.49. The zero-order valence-electron chi connectivity index (χ0n) is 13.2. The molecule has 124 valence electrons. The summed E-state index contributed by atoms with van der Waals surface area (Å²) in [5.74, 6) is -0.884. The largest absolute Gasteiger partial charge is 0.461 e. The summed E-state index contributed by atoms with van der Waals surface area (Å²) in [5.41, 5.74) is 6.00. The minimum absolute atomic E-state index is 0.262. The van der Waals surface area contributed by atoms with Crippen molar-refractivity contribution in [2.45, 2.75) is 32.4 Å². The highest BCUT2D eigenvalue weighted by Crippen LogP contribution is 2.34. The molecule has 7 heteroatoms. The first-order valence-electron chi connectivity index (χ1n) is 7.22. The van der Waals surface area contributed by atoms with Crippen molar-refractivity contribution in [2.75, 3.05) is 6.61 Å². The van der Waals surface area contributed by atoms with Gasteiger partial charge in [0, 0.05) is 10.0 Å². The monoisotopic (exact) mass is 383 g/mol. The van der Waals surface area contributed by atoms with E-state index < -0.39 is 23.4 Å². The summed E-state index contributed by atoms with van der Waals surface area (Å²) in [6.07, 6.45) is 2.92. The highest BCUT2D eigenvalue weighted by molar-refractivity contribution is 9.10. The maximum Gasteiger partial charge on any atom is 0.356 e. The Kier molecular flexibility index (Phi) is 5.21. The first-order chi connectivity index (χ1) is 10.8. The van der Waals surface area contributed by atoms with Gasteiger partial charge in [0.1, 0.15) is 11.5 Å². The molecular weight excluding hydrogens is 365 g/mol. The Labute approximate surface area is 142 Å². The highest BCUT2D eigenvalue weighted by Gasteiger charge is 2.34. The molecule has 1 aromatic carbocycles. The number of ether oxygens (including phenoxy) is 1. The number of imidazole rings is 1. The minimum Gasteiger partial charge on any atom is -0.461 e. The molecule has 2 atom stereocenters. The maximum absolute atomic E-state index is 14.2. The molecule has 0 aliphatic carbocycles. The molecule has 0 amide bonds. The number of rotatable bonds is 5. The predicted octanol–water partition coefficient (Wildman–Crippen LogP) is 3.40. The molecule has 2 rings (SSSR count). The van der Waals surface area contributed by atoms with Crippen molar-refractivity contribution in [2.24, 2.45) is 5.73 Å². The van der Waals surface area contributed by atoms with Crippen LogP contribution in [0.15, 0.2) is 35.2 Å². The quantitative estimate of drug-likeness (QED) is 0.803. The van der Waals surface area contributed by atoms with Gasteiger partial charge in [-0.05, 0) is 39.0 Å². The van der Waals surface area contributed by atoms with E-state index in [1.807, 2.05) is 6.92 Å². The number of hydrogen-bond acceptors (Lipinski definition) is 4. The summed E-state index contributed by atoms with van der Waals surface area (Å²) in [4.78, 5) is 16.0. The summed E-state index contributed by atoms with van der Waals surface area (Å²) in [6.45, 7) is 5.52. The van der Waals surface area contributed by atoms with E-state index in [-0.39, 0.29) is 12.3 Å². The smallest absolute Gasteiger partial charge is 0.356 e. The number of nitrogens with two attached hydrogens (primary N) is 1. The van der Waals surface area contributed by atoms with Crippen LogP contribution in [0.25, 0.3) is 0 Å². The summed E-state index contributed by atoms with van der Waals surface area (Å²) in [5, 5.41) is 0. The van der Waals surface area contributed by atoms with Gasteiger partial charge in [-0.2, -0.15) is 0 Å². The van der Waals surface area contributed by atoms with Crippen LogP contribution in [0.5, 0.6) is 0 Å². The molecule has 0 saturated carbocycles. The number of hydrogen-bond donors (Lipinski definition) is 1. The molecule has 23 heavy (non-hydrogen) atoms. The van der Waals surface area contributed by atoms with Crippen LogP contribution in [0.3, 0.4) is 0 Å². The van der Waals surface area contributed by atoms with E-state index in [4.69, 9.17) is 10.5 Å². The SMILES string of the molecule is CCOC(=O)c1cncn1[C@H](C)[C@](C)(N)c1cc(Br)ccc1F. The van der Waals surface area contributed by atoms with Crippen LogP contribution in [-0.4, -0.2) is 22.1 Å². The normalized spacial score (nSPS) is 15.0. The van der Waals surface area contributed by atoms with Crippen molar-refractivity contribution >= 4 is 21.9 Å². The van der Waals surface area contributed by atoms with Gasteiger partial charge < -0.3 is 15.0 Å². The van der Waals surface area contributed by atoms with Crippen molar-refractivity contribution < 1.29 is 13.9 Å². The second-order valence-corrected chi connectivity index (χ2v) is 6.41. The number of aromatic nitrogens is 2. The molecule has 0 spiro atoms. The molecule has 0 aliphatic heterocycles. The van der Waals surface area contributed by atoms with Gasteiger partial charge in [-0.3, -0.25) is 0 Å². The van der Waals surface area contributed by atoms with Crippen molar-refractivity contribution in [1.82, 2.24) is 9.55 Å². The van der Waals surface area contributed by atoms with Crippen LogP contribution in [0.4, 0.5) is 4.39 Å². The van der Waals surface area contributed by atoms with E-state index in [9.17, 15) is 9.18 Å². The van der Waals surface area contributed by atoms with E-state index in [0.29, 0.717) is 5.56 Å². The molecule has 0 aliphatic rings. The van der Waals surface area contributed by atoms with Crippen LogP contribution in [-0.2, 0) is 10.3 Å². The van der Waals surface area contributed by atoms with Crippen LogP contribution < -0.4 is 5.73 Å². The molecule has 0 bridgehead atoms. The van der Waals surface area contributed by atoms with Gasteiger partial charge in [-0.15, -0.1) is 0 Å². The minimum atomic E-state index is -1.06. The van der Waals surface area contributed by atoms with Crippen LogP contribution >= 0.6 is 15.9 Å². The van der Waals surface area contributed by atoms with Gasteiger partial charge in [0.25, 0.3) is 0 Å². The Morgan fingerprint density at radius 2 is 2.26 bits per heavy atom. The first kappa shape index (κ1) is 17.6. The summed E-state index contributed by atoms with van der Waals surface area (Å²) < 4.78 is 21.6. The Balaban J connectivity index is 2.43. The Morgan fingerprint density at radius 3 is 2.91 bits per heavy atom. The fourth-order valence-electron chi connectivity index (χ4n) is 2.40. The van der Waals surface area contributed by atoms with Gasteiger partial charge >= 0.3 is 5.97 Å². The fraction of sp³-hybridized carbons (Fsp3) is 0.375. The van der Waals surface area contributed by atoms with Crippen molar-refractivity contribution in [3.63, 3.8) is 0 Å². The average molecular weight is 384 g/mol. The molecule has 5 nitrogen and oxygen atoms in total.